The van der Waals surface area contributed by atoms with Gasteiger partial charge in [0.15, 0.2) is 5.78 Å². The Morgan fingerprint density at radius 2 is 1.66 bits per heavy atom. The maximum atomic E-state index is 13.4. The molecule has 38 heavy (non-hydrogen) atoms. The lowest BCUT2D eigenvalue weighted by atomic mass is 10.00. The summed E-state index contributed by atoms with van der Waals surface area (Å²) >= 11 is 1.38. The number of carbonyl (C=O) groups is 3. The van der Waals surface area contributed by atoms with Gasteiger partial charge in [-0.25, -0.2) is 9.18 Å². The monoisotopic (exact) mass is 540 g/mol. The lowest BCUT2D eigenvalue weighted by Crippen LogP contribution is -2.53. The summed E-state index contributed by atoms with van der Waals surface area (Å²) in [6.45, 7) is 3.94. The molecule has 0 fully saturated rings. The van der Waals surface area contributed by atoms with E-state index in [4.69, 9.17) is 9.15 Å². The summed E-state index contributed by atoms with van der Waals surface area (Å²) < 4.78 is 24.0. The van der Waals surface area contributed by atoms with E-state index in [1.54, 1.807) is 24.5 Å². The van der Waals surface area contributed by atoms with Crippen molar-refractivity contribution < 1.29 is 27.9 Å². The molecule has 2 unspecified atom stereocenters. The van der Waals surface area contributed by atoms with Crippen molar-refractivity contribution >= 4 is 29.5 Å². The molecule has 0 radical (unpaired) electrons. The number of carbonyl (C=O) groups excluding carboxylic acids is 3. The molecule has 0 aliphatic rings. The molecule has 3 rings (SSSR count). The number of hydrogen-bond acceptors (Lipinski definition) is 6. The van der Waals surface area contributed by atoms with Crippen LogP contribution in [0.5, 0.6) is 0 Å². The van der Waals surface area contributed by atoms with E-state index in [9.17, 15) is 18.8 Å². The minimum Gasteiger partial charge on any atom is -0.468 e. The highest BCUT2D eigenvalue weighted by Gasteiger charge is 2.28. The molecule has 7 nitrogen and oxygen atoms in total. The highest BCUT2D eigenvalue weighted by atomic mass is 32.2. The predicted molar refractivity (Wildman–Crippen MR) is 145 cm³/mol. The largest absolute Gasteiger partial charge is 0.468 e. The van der Waals surface area contributed by atoms with Crippen LogP contribution in [0.2, 0.25) is 0 Å². The molecule has 3 aromatic rings. The number of Topliss-reactive ketones (excluding diaryl/α,β-unsaturated/α-hetero) is 1. The Hall–Kier alpha value is -3.59. The number of rotatable bonds is 14. The molecule has 0 bridgehead atoms. The van der Waals surface area contributed by atoms with E-state index >= 15 is 0 Å². The van der Waals surface area contributed by atoms with E-state index in [2.05, 4.69) is 10.6 Å². The van der Waals surface area contributed by atoms with Crippen molar-refractivity contribution in [2.45, 2.75) is 51.1 Å². The van der Waals surface area contributed by atoms with Gasteiger partial charge in [-0.05, 0) is 54.2 Å². The number of halogens is 1. The average molecular weight is 541 g/mol. The molecule has 2 atom stereocenters. The zero-order valence-corrected chi connectivity index (χ0v) is 22.3. The Morgan fingerprint density at radius 3 is 2.32 bits per heavy atom. The Labute approximate surface area is 226 Å². The quantitative estimate of drug-likeness (QED) is 0.288. The molecule has 2 amide bonds. The standard InChI is InChI=1S/C29H33FN2O5S/c1-20(2)15-26(32-29(35)37-17-22-7-4-3-5-8-22)28(34)31-25(16-21-10-12-23(30)13-11-21)27(33)19-38-18-24-9-6-14-36-24/h3-14,20,25-26H,15-19H2,1-2H3,(H,31,34)(H,32,35). The summed E-state index contributed by atoms with van der Waals surface area (Å²) in [5, 5.41) is 5.46. The van der Waals surface area contributed by atoms with Gasteiger partial charge in [-0.3, -0.25) is 9.59 Å². The highest BCUT2D eigenvalue weighted by molar-refractivity contribution is 7.99. The minimum absolute atomic E-state index is 0.0707. The van der Waals surface area contributed by atoms with Gasteiger partial charge in [0, 0.05) is 0 Å². The molecule has 2 N–H and O–H groups in total. The van der Waals surface area contributed by atoms with Crippen LogP contribution < -0.4 is 10.6 Å². The fraction of sp³-hybridized carbons (Fsp3) is 0.345. The number of benzene rings is 2. The van der Waals surface area contributed by atoms with Gasteiger partial charge >= 0.3 is 6.09 Å². The maximum absolute atomic E-state index is 13.4. The Bertz CT molecular complexity index is 1150. The Balaban J connectivity index is 1.65. The number of nitrogens with one attached hydrogen (secondary N) is 2. The van der Waals surface area contributed by atoms with Crippen LogP contribution in [0.1, 0.15) is 37.2 Å². The van der Waals surface area contributed by atoms with Crippen LogP contribution in [0.4, 0.5) is 9.18 Å². The number of hydrogen-bond donors (Lipinski definition) is 2. The number of ketones is 1. The highest BCUT2D eigenvalue weighted by Crippen LogP contribution is 2.15. The molecule has 1 aromatic heterocycles. The van der Waals surface area contributed by atoms with Gasteiger partial charge in [0.2, 0.25) is 5.91 Å². The SMILES string of the molecule is CC(C)CC(NC(=O)OCc1ccccc1)C(=O)NC(Cc1ccc(F)cc1)C(=O)CSCc1ccco1. The summed E-state index contributed by atoms with van der Waals surface area (Å²) in [6.07, 6.45) is 1.41. The van der Waals surface area contributed by atoms with E-state index in [0.717, 1.165) is 11.3 Å². The van der Waals surface area contributed by atoms with Gasteiger partial charge in [-0.1, -0.05) is 56.3 Å². The predicted octanol–water partition coefficient (Wildman–Crippen LogP) is 5.29. The summed E-state index contributed by atoms with van der Waals surface area (Å²) in [5.74, 6) is 0.452. The van der Waals surface area contributed by atoms with Crippen molar-refractivity contribution in [1.29, 1.82) is 0 Å². The first-order chi connectivity index (χ1) is 18.3. The molecule has 1 heterocycles. The van der Waals surface area contributed by atoms with Crippen molar-refractivity contribution in [3.05, 3.63) is 95.7 Å². The normalized spacial score (nSPS) is 12.5. The zero-order valence-electron chi connectivity index (χ0n) is 21.5. The maximum Gasteiger partial charge on any atom is 0.408 e. The average Bonchev–Trinajstić information content (AvgIpc) is 3.42. The van der Waals surface area contributed by atoms with Crippen LogP contribution in [-0.2, 0) is 33.1 Å². The van der Waals surface area contributed by atoms with Crippen molar-refractivity contribution in [3.8, 4) is 0 Å². The van der Waals surface area contributed by atoms with Gasteiger partial charge < -0.3 is 19.8 Å². The van der Waals surface area contributed by atoms with Crippen molar-refractivity contribution in [2.24, 2.45) is 5.92 Å². The summed E-state index contributed by atoms with van der Waals surface area (Å²) in [5.41, 5.74) is 1.53. The van der Waals surface area contributed by atoms with Crippen molar-refractivity contribution in [1.82, 2.24) is 10.6 Å². The summed E-state index contributed by atoms with van der Waals surface area (Å²) in [7, 11) is 0. The number of thioether (sulfide) groups is 1. The van der Waals surface area contributed by atoms with Crippen LogP contribution in [0.15, 0.2) is 77.4 Å². The summed E-state index contributed by atoms with van der Waals surface area (Å²) in [6, 6.07) is 16.9. The third-order valence-electron chi connectivity index (χ3n) is 5.66. The van der Waals surface area contributed by atoms with E-state index in [1.807, 2.05) is 50.2 Å². The fourth-order valence-corrected chi connectivity index (χ4v) is 4.60. The van der Waals surface area contributed by atoms with E-state index in [0.29, 0.717) is 17.7 Å². The molecule has 0 aliphatic carbocycles. The smallest absolute Gasteiger partial charge is 0.408 e. The van der Waals surface area contributed by atoms with Gasteiger partial charge in [0.1, 0.15) is 24.2 Å². The Morgan fingerprint density at radius 1 is 0.921 bits per heavy atom. The van der Waals surface area contributed by atoms with Gasteiger partial charge in [-0.2, -0.15) is 0 Å². The van der Waals surface area contributed by atoms with E-state index in [1.165, 1.54) is 23.9 Å². The molecule has 0 aliphatic heterocycles. The third-order valence-corrected chi connectivity index (χ3v) is 6.63. The van der Waals surface area contributed by atoms with Crippen LogP contribution in [0, 0.1) is 11.7 Å². The second kappa shape index (κ2) is 15.0. The number of amides is 2. The second-order valence-electron chi connectivity index (χ2n) is 9.32. The van der Waals surface area contributed by atoms with Crippen LogP contribution in [-0.4, -0.2) is 35.6 Å². The zero-order chi connectivity index (χ0) is 27.3. The van der Waals surface area contributed by atoms with Crippen LogP contribution in [0.3, 0.4) is 0 Å². The van der Waals surface area contributed by atoms with Crippen LogP contribution in [0.25, 0.3) is 0 Å². The number of ether oxygens (including phenoxy) is 1. The first kappa shape index (κ1) is 29.0. The van der Waals surface area contributed by atoms with E-state index < -0.39 is 24.1 Å². The van der Waals surface area contributed by atoms with Crippen LogP contribution >= 0.6 is 11.8 Å². The first-order valence-corrected chi connectivity index (χ1v) is 13.6. The molecule has 9 heteroatoms. The number of alkyl carbamates (subject to hydrolysis) is 1. The number of furan rings is 1. The third kappa shape index (κ3) is 10.0. The molecule has 2 aromatic carbocycles. The molecule has 0 spiro atoms. The molecule has 0 saturated heterocycles. The molecule has 202 valence electrons. The minimum atomic E-state index is -0.891. The Kier molecular flexibility index (Phi) is 11.4. The molecule has 0 saturated carbocycles. The lowest BCUT2D eigenvalue weighted by molar-refractivity contribution is -0.128. The van der Waals surface area contributed by atoms with Crippen molar-refractivity contribution in [3.63, 3.8) is 0 Å². The van der Waals surface area contributed by atoms with Gasteiger partial charge in [-0.15, -0.1) is 11.8 Å². The topological polar surface area (TPSA) is 97.6 Å². The van der Waals surface area contributed by atoms with Gasteiger partial charge in [0.05, 0.1) is 23.8 Å². The lowest BCUT2D eigenvalue weighted by Gasteiger charge is -2.24. The van der Waals surface area contributed by atoms with Crippen molar-refractivity contribution in [2.75, 3.05) is 5.75 Å². The first-order valence-electron chi connectivity index (χ1n) is 12.4. The van der Waals surface area contributed by atoms with E-state index in [-0.39, 0.29) is 36.3 Å². The fourth-order valence-electron chi connectivity index (χ4n) is 3.73. The summed E-state index contributed by atoms with van der Waals surface area (Å²) in [4.78, 5) is 38.9. The molecular formula is C29H33FN2O5S. The second-order valence-corrected chi connectivity index (χ2v) is 10.3. The van der Waals surface area contributed by atoms with Gasteiger partial charge in [0.25, 0.3) is 0 Å². The molecular weight excluding hydrogens is 507 g/mol.